The van der Waals surface area contributed by atoms with E-state index in [0.717, 1.165) is 6.42 Å². The summed E-state index contributed by atoms with van der Waals surface area (Å²) in [5, 5.41) is 0. The molecule has 2 aliphatic rings. The maximum absolute atomic E-state index is 11.3. The minimum absolute atomic E-state index is 0.260. The summed E-state index contributed by atoms with van der Waals surface area (Å²) in [6, 6.07) is 0. The Balaban J connectivity index is 2.26. The van der Waals surface area contributed by atoms with Crippen LogP contribution in [0.5, 0.6) is 0 Å². The summed E-state index contributed by atoms with van der Waals surface area (Å²) in [5.74, 6) is 1.41. The number of allylic oxidation sites excluding steroid dienone is 1. The lowest BCUT2D eigenvalue weighted by molar-refractivity contribution is -0.121. The second kappa shape index (κ2) is 1.77. The van der Waals surface area contributed by atoms with Crippen molar-refractivity contribution in [3.05, 3.63) is 12.2 Å². The fraction of sp³-hybridized carbons (Fsp3) is 0.700. The predicted octanol–water partition coefficient (Wildman–Crippen LogP) is 2.18. The van der Waals surface area contributed by atoms with Gasteiger partial charge in [0.2, 0.25) is 0 Å². The molecule has 0 spiro atoms. The molecular formula is C10H14O. The van der Waals surface area contributed by atoms with Crippen LogP contribution in [0, 0.1) is 17.3 Å². The zero-order chi connectivity index (χ0) is 8.22. The van der Waals surface area contributed by atoms with Crippen LogP contribution in [0.15, 0.2) is 12.2 Å². The maximum Gasteiger partial charge on any atom is 0.136 e. The lowest BCUT2D eigenvalue weighted by atomic mass is 9.96. The Morgan fingerprint density at radius 2 is 2.36 bits per heavy atom. The smallest absolute Gasteiger partial charge is 0.136 e. The Kier molecular flexibility index (Phi) is 1.14. The number of hydrogen-bond acceptors (Lipinski definition) is 1. The number of rotatable bonds is 1. The fourth-order valence-electron chi connectivity index (χ4n) is 2.53. The third-order valence-corrected chi connectivity index (χ3v) is 3.58. The van der Waals surface area contributed by atoms with Gasteiger partial charge in [-0.1, -0.05) is 19.1 Å². The van der Waals surface area contributed by atoms with Crippen LogP contribution in [0.25, 0.3) is 0 Å². The Morgan fingerprint density at radius 1 is 1.73 bits per heavy atom. The van der Waals surface area contributed by atoms with Crippen molar-refractivity contribution in [3.63, 3.8) is 0 Å². The second-order valence-electron chi connectivity index (χ2n) is 4.18. The van der Waals surface area contributed by atoms with E-state index in [1.807, 2.05) is 0 Å². The molecule has 60 valence electrons. The van der Waals surface area contributed by atoms with Gasteiger partial charge >= 0.3 is 0 Å². The molecular weight excluding hydrogens is 136 g/mol. The van der Waals surface area contributed by atoms with Crippen LogP contribution in [0.4, 0.5) is 0 Å². The number of ketones is 1. The third-order valence-electron chi connectivity index (χ3n) is 3.58. The predicted molar refractivity (Wildman–Crippen MR) is 44.1 cm³/mol. The normalized spacial score (nSPS) is 47.3. The average molecular weight is 150 g/mol. The van der Waals surface area contributed by atoms with Gasteiger partial charge in [-0.2, -0.15) is 0 Å². The fourth-order valence-corrected chi connectivity index (χ4v) is 2.53. The summed E-state index contributed by atoms with van der Waals surface area (Å²) in [7, 11) is 0. The Labute approximate surface area is 67.5 Å². The van der Waals surface area contributed by atoms with Crippen LogP contribution in [0.2, 0.25) is 0 Å². The molecule has 0 aromatic heterocycles. The molecule has 3 atom stereocenters. The van der Waals surface area contributed by atoms with Gasteiger partial charge in [0.25, 0.3) is 0 Å². The monoisotopic (exact) mass is 150 g/mol. The molecule has 2 saturated carbocycles. The van der Waals surface area contributed by atoms with Gasteiger partial charge in [0.1, 0.15) is 5.78 Å². The molecule has 0 saturated heterocycles. The van der Waals surface area contributed by atoms with Crippen LogP contribution < -0.4 is 0 Å². The molecule has 0 aromatic rings. The maximum atomic E-state index is 11.3. The van der Waals surface area contributed by atoms with Crippen molar-refractivity contribution in [3.8, 4) is 0 Å². The van der Waals surface area contributed by atoms with Crippen molar-refractivity contribution >= 4 is 5.78 Å². The Bertz CT molecular complexity index is 239. The van der Waals surface area contributed by atoms with E-state index in [-0.39, 0.29) is 5.41 Å². The largest absolute Gasteiger partial charge is 0.299 e. The lowest BCUT2D eigenvalue weighted by Gasteiger charge is -2.08. The zero-order valence-corrected chi connectivity index (χ0v) is 7.18. The molecule has 3 unspecified atom stereocenters. The van der Waals surface area contributed by atoms with Crippen LogP contribution >= 0.6 is 0 Å². The van der Waals surface area contributed by atoms with Gasteiger partial charge in [0.15, 0.2) is 0 Å². The van der Waals surface area contributed by atoms with Crippen molar-refractivity contribution in [1.29, 1.82) is 0 Å². The van der Waals surface area contributed by atoms with Crippen LogP contribution in [-0.2, 0) is 4.79 Å². The minimum Gasteiger partial charge on any atom is -0.299 e. The quantitative estimate of drug-likeness (QED) is 0.523. The first-order chi connectivity index (χ1) is 5.08. The molecule has 2 fully saturated rings. The highest BCUT2D eigenvalue weighted by Crippen LogP contribution is 2.67. The topological polar surface area (TPSA) is 17.1 Å². The van der Waals surface area contributed by atoms with Gasteiger partial charge in [-0.3, -0.25) is 4.79 Å². The van der Waals surface area contributed by atoms with Crippen molar-refractivity contribution < 1.29 is 4.79 Å². The highest BCUT2D eigenvalue weighted by molar-refractivity contribution is 5.87. The summed E-state index contributed by atoms with van der Waals surface area (Å²) < 4.78 is 0. The van der Waals surface area contributed by atoms with E-state index in [4.69, 9.17) is 0 Å². The van der Waals surface area contributed by atoms with Gasteiger partial charge < -0.3 is 0 Å². The van der Waals surface area contributed by atoms with E-state index in [1.165, 1.54) is 12.0 Å². The number of carbonyl (C=O) groups excluding carboxylic acids is 1. The minimum atomic E-state index is 0.260. The number of Topliss-reactive ketones (excluding diaryl/α,β-unsaturated/α-hetero) is 1. The van der Waals surface area contributed by atoms with Crippen molar-refractivity contribution in [2.45, 2.75) is 26.7 Å². The summed E-state index contributed by atoms with van der Waals surface area (Å²) in [5.41, 5.74) is 1.48. The van der Waals surface area contributed by atoms with E-state index >= 15 is 0 Å². The molecule has 0 amide bonds. The van der Waals surface area contributed by atoms with Gasteiger partial charge in [0.05, 0.1) is 0 Å². The standard InChI is InChI=1S/C10H14O/c1-6(2)10-4-8(10)7(3)9(11)5-10/h7-8H,1,4-5H2,2-3H3. The first-order valence-corrected chi connectivity index (χ1v) is 4.26. The molecule has 0 aromatic carbocycles. The van der Waals surface area contributed by atoms with Crippen molar-refractivity contribution in [2.24, 2.45) is 17.3 Å². The highest BCUT2D eigenvalue weighted by Gasteiger charge is 2.63. The molecule has 0 N–H and O–H groups in total. The highest BCUT2D eigenvalue weighted by atomic mass is 16.1. The second-order valence-corrected chi connectivity index (χ2v) is 4.18. The molecule has 0 aliphatic heterocycles. The van der Waals surface area contributed by atoms with Crippen LogP contribution in [0.3, 0.4) is 0 Å². The molecule has 0 heterocycles. The van der Waals surface area contributed by atoms with E-state index < -0.39 is 0 Å². The molecule has 1 nitrogen and oxygen atoms in total. The van der Waals surface area contributed by atoms with Crippen molar-refractivity contribution in [1.82, 2.24) is 0 Å². The van der Waals surface area contributed by atoms with E-state index in [0.29, 0.717) is 17.6 Å². The van der Waals surface area contributed by atoms with E-state index in [9.17, 15) is 4.79 Å². The van der Waals surface area contributed by atoms with Gasteiger partial charge in [0, 0.05) is 17.8 Å². The van der Waals surface area contributed by atoms with Crippen LogP contribution in [0.1, 0.15) is 26.7 Å². The molecule has 1 heteroatoms. The summed E-state index contributed by atoms with van der Waals surface area (Å²) in [6.07, 6.45) is 1.99. The number of fused-ring (bicyclic) bond motifs is 1. The number of hydrogen-bond donors (Lipinski definition) is 0. The summed E-state index contributed by atoms with van der Waals surface area (Å²) in [4.78, 5) is 11.3. The zero-order valence-electron chi connectivity index (χ0n) is 7.18. The lowest BCUT2D eigenvalue weighted by Crippen LogP contribution is -2.06. The first kappa shape index (κ1) is 7.08. The van der Waals surface area contributed by atoms with Gasteiger partial charge in [-0.15, -0.1) is 0 Å². The molecule has 2 aliphatic carbocycles. The molecule has 2 rings (SSSR count). The average Bonchev–Trinajstić information content (AvgIpc) is 2.57. The Morgan fingerprint density at radius 3 is 2.64 bits per heavy atom. The Hall–Kier alpha value is -0.590. The van der Waals surface area contributed by atoms with Gasteiger partial charge in [-0.05, 0) is 19.3 Å². The number of carbonyl (C=O) groups is 1. The third kappa shape index (κ3) is 0.688. The van der Waals surface area contributed by atoms with Gasteiger partial charge in [-0.25, -0.2) is 0 Å². The summed E-state index contributed by atoms with van der Waals surface area (Å²) >= 11 is 0. The van der Waals surface area contributed by atoms with E-state index in [1.54, 1.807) is 0 Å². The molecule has 0 bridgehead atoms. The molecule has 11 heavy (non-hydrogen) atoms. The summed E-state index contributed by atoms with van der Waals surface area (Å²) in [6.45, 7) is 8.09. The van der Waals surface area contributed by atoms with Crippen molar-refractivity contribution in [2.75, 3.05) is 0 Å². The first-order valence-electron chi connectivity index (χ1n) is 4.26. The molecule has 0 radical (unpaired) electrons. The van der Waals surface area contributed by atoms with Crippen LogP contribution in [-0.4, -0.2) is 5.78 Å². The SMILES string of the molecule is C=C(C)C12CC(=O)C(C)C1C2. The van der Waals surface area contributed by atoms with E-state index in [2.05, 4.69) is 20.4 Å².